The van der Waals surface area contributed by atoms with Crippen molar-refractivity contribution in [3.63, 3.8) is 0 Å². The first kappa shape index (κ1) is 17.6. The van der Waals surface area contributed by atoms with Gasteiger partial charge < -0.3 is 15.8 Å². The van der Waals surface area contributed by atoms with Gasteiger partial charge in [-0.2, -0.15) is 0 Å². The normalized spacial score (nSPS) is 11.2. The van der Waals surface area contributed by atoms with Crippen molar-refractivity contribution in [1.29, 1.82) is 0 Å². The average molecular weight is 367 g/mol. The highest BCUT2D eigenvalue weighted by atomic mass is 32.1. The lowest BCUT2D eigenvalue weighted by molar-refractivity contribution is 0.103. The van der Waals surface area contributed by atoms with E-state index in [0.717, 1.165) is 28.2 Å². The lowest BCUT2D eigenvalue weighted by Crippen LogP contribution is -2.18. The van der Waals surface area contributed by atoms with Gasteiger partial charge in [0.1, 0.15) is 4.88 Å². The van der Waals surface area contributed by atoms with E-state index in [-0.39, 0.29) is 21.4 Å². The van der Waals surface area contributed by atoms with Crippen molar-refractivity contribution >= 4 is 34.4 Å². The summed E-state index contributed by atoms with van der Waals surface area (Å²) in [6.07, 6.45) is 0. The number of benzene rings is 2. The molecule has 8 heteroatoms. The fourth-order valence-corrected chi connectivity index (χ4v) is 2.88. The summed E-state index contributed by atoms with van der Waals surface area (Å²) in [4.78, 5) is 13.0. The monoisotopic (exact) mass is 367 g/mol. The van der Waals surface area contributed by atoms with Crippen molar-refractivity contribution < 1.29 is 10.0 Å². The molecule has 0 unspecified atom stereocenters. The van der Waals surface area contributed by atoms with Gasteiger partial charge in [0.25, 0.3) is 10.7 Å². The van der Waals surface area contributed by atoms with Crippen LogP contribution in [0.1, 0.15) is 20.8 Å². The Balaban J connectivity index is 1.94. The largest absolute Gasteiger partial charge is 0.408 e. The third-order valence-electron chi connectivity index (χ3n) is 3.64. The standard InChI is InChI=1S/C18H17N5O2S/c1-11-7-9-13(10-8-11)19-16-15(26-18(23-25)22-21-16)17(24)20-14-6-4-3-5-12(14)2/h3-10,19,25H,1-2H3,(H,20,24). The summed E-state index contributed by atoms with van der Waals surface area (Å²) in [6, 6.07) is 15.1. The van der Waals surface area contributed by atoms with E-state index >= 15 is 0 Å². The van der Waals surface area contributed by atoms with E-state index in [0.29, 0.717) is 5.69 Å². The average Bonchev–Trinajstić information content (AvgIpc) is 2.65. The number of nitrogens with zero attached hydrogens (tertiary/aromatic N) is 3. The molecule has 1 aromatic heterocycles. The summed E-state index contributed by atoms with van der Waals surface area (Å²) in [7, 11) is 0. The molecule has 26 heavy (non-hydrogen) atoms. The van der Waals surface area contributed by atoms with Gasteiger partial charge in [0.15, 0.2) is 5.82 Å². The number of hydrogen-bond donors (Lipinski definition) is 3. The molecular weight excluding hydrogens is 350 g/mol. The van der Waals surface area contributed by atoms with Crippen LogP contribution >= 0.6 is 11.3 Å². The summed E-state index contributed by atoms with van der Waals surface area (Å²) >= 11 is 0.940. The molecule has 0 radical (unpaired) electrons. The lowest BCUT2D eigenvalue weighted by Gasteiger charge is -2.11. The summed E-state index contributed by atoms with van der Waals surface area (Å²) < 4.78 is 0. The number of rotatable bonds is 4. The van der Waals surface area contributed by atoms with Crippen molar-refractivity contribution in [3.05, 3.63) is 69.3 Å². The van der Waals surface area contributed by atoms with E-state index in [9.17, 15) is 4.79 Å². The molecule has 0 aliphatic heterocycles. The van der Waals surface area contributed by atoms with Crippen LogP contribution in [0, 0.1) is 13.8 Å². The van der Waals surface area contributed by atoms with E-state index in [2.05, 4.69) is 26.0 Å². The smallest absolute Gasteiger partial charge is 0.269 e. The van der Waals surface area contributed by atoms with Crippen molar-refractivity contribution in [2.24, 2.45) is 5.16 Å². The van der Waals surface area contributed by atoms with Crippen molar-refractivity contribution in [1.82, 2.24) is 10.2 Å². The van der Waals surface area contributed by atoms with Crippen LogP contribution in [0.5, 0.6) is 0 Å². The Morgan fingerprint density at radius 3 is 2.50 bits per heavy atom. The zero-order chi connectivity index (χ0) is 18.5. The molecule has 0 aliphatic rings. The van der Waals surface area contributed by atoms with Crippen LogP contribution in [-0.4, -0.2) is 21.3 Å². The zero-order valence-corrected chi connectivity index (χ0v) is 15.0. The Morgan fingerprint density at radius 2 is 1.81 bits per heavy atom. The van der Waals surface area contributed by atoms with Crippen LogP contribution in [0.3, 0.4) is 0 Å². The van der Waals surface area contributed by atoms with Gasteiger partial charge >= 0.3 is 0 Å². The van der Waals surface area contributed by atoms with E-state index in [1.54, 1.807) is 0 Å². The second kappa shape index (κ2) is 7.75. The number of anilines is 3. The fourth-order valence-electron chi connectivity index (χ4n) is 2.24. The molecule has 0 aliphatic carbocycles. The maximum atomic E-state index is 12.8. The van der Waals surface area contributed by atoms with Crippen LogP contribution < -0.4 is 15.4 Å². The van der Waals surface area contributed by atoms with Crippen LogP contribution in [0.2, 0.25) is 0 Å². The molecule has 7 nitrogen and oxygen atoms in total. The van der Waals surface area contributed by atoms with Gasteiger partial charge in [0.05, 0.1) is 0 Å². The van der Waals surface area contributed by atoms with Crippen molar-refractivity contribution in [2.75, 3.05) is 10.6 Å². The van der Waals surface area contributed by atoms with Crippen LogP contribution in [0.4, 0.5) is 17.2 Å². The SMILES string of the molecule is Cc1ccc(Nc2nnc(=NO)sc2C(=O)Nc2ccccc2C)cc1. The van der Waals surface area contributed by atoms with E-state index in [1.165, 1.54) is 0 Å². The number of carbonyl (C=O) groups excluding carboxylic acids is 1. The van der Waals surface area contributed by atoms with Gasteiger partial charge in [-0.15, -0.1) is 10.2 Å². The molecule has 0 saturated heterocycles. The van der Waals surface area contributed by atoms with Crippen molar-refractivity contribution in [2.45, 2.75) is 13.8 Å². The summed E-state index contributed by atoms with van der Waals surface area (Å²) in [5.41, 5.74) is 3.53. The predicted molar refractivity (Wildman–Crippen MR) is 101 cm³/mol. The molecule has 1 amide bonds. The van der Waals surface area contributed by atoms with Gasteiger partial charge in [-0.3, -0.25) is 4.79 Å². The Morgan fingerprint density at radius 1 is 1.08 bits per heavy atom. The molecule has 0 bridgehead atoms. The zero-order valence-electron chi connectivity index (χ0n) is 14.2. The maximum absolute atomic E-state index is 12.8. The first-order chi connectivity index (χ1) is 12.6. The van der Waals surface area contributed by atoms with Gasteiger partial charge in [-0.25, -0.2) is 0 Å². The molecule has 1 heterocycles. The van der Waals surface area contributed by atoms with Crippen molar-refractivity contribution in [3.8, 4) is 0 Å². The molecule has 0 fully saturated rings. The third-order valence-corrected chi connectivity index (χ3v) is 4.57. The van der Waals surface area contributed by atoms with Crippen LogP contribution in [0.15, 0.2) is 53.7 Å². The topological polar surface area (TPSA) is 99.5 Å². The van der Waals surface area contributed by atoms with E-state index in [1.807, 2.05) is 62.4 Å². The second-order valence-electron chi connectivity index (χ2n) is 5.62. The first-order valence-corrected chi connectivity index (χ1v) is 8.65. The number of carbonyl (C=O) groups is 1. The minimum Gasteiger partial charge on any atom is -0.408 e. The molecule has 0 atom stereocenters. The summed E-state index contributed by atoms with van der Waals surface area (Å²) in [5, 5.41) is 25.7. The molecule has 3 aromatic rings. The lowest BCUT2D eigenvalue weighted by atomic mass is 10.2. The number of nitrogens with one attached hydrogen (secondary N) is 2. The number of aryl methyl sites for hydroxylation is 2. The van der Waals surface area contributed by atoms with Crippen LogP contribution in [-0.2, 0) is 0 Å². The molecule has 2 aromatic carbocycles. The Kier molecular flexibility index (Phi) is 5.23. The fraction of sp³-hybridized carbons (Fsp3) is 0.111. The van der Waals surface area contributed by atoms with Gasteiger partial charge in [0.2, 0.25) is 0 Å². The first-order valence-electron chi connectivity index (χ1n) is 7.83. The second-order valence-corrected chi connectivity index (χ2v) is 6.60. The Bertz CT molecular complexity index is 999. The van der Waals surface area contributed by atoms with Gasteiger partial charge in [0, 0.05) is 11.4 Å². The van der Waals surface area contributed by atoms with Crippen LogP contribution in [0.25, 0.3) is 0 Å². The van der Waals surface area contributed by atoms with Gasteiger partial charge in [-0.05, 0) is 37.6 Å². The minimum absolute atomic E-state index is 0.00519. The molecule has 0 saturated carbocycles. The summed E-state index contributed by atoms with van der Waals surface area (Å²) in [6.45, 7) is 3.90. The predicted octanol–water partition coefficient (Wildman–Crippen LogP) is 3.44. The molecule has 3 N–H and O–H groups in total. The highest BCUT2D eigenvalue weighted by molar-refractivity contribution is 7.11. The minimum atomic E-state index is -0.362. The molecule has 0 spiro atoms. The maximum Gasteiger partial charge on any atom is 0.269 e. The Hall–Kier alpha value is -3.26. The highest BCUT2D eigenvalue weighted by Gasteiger charge is 2.17. The molecular formula is C18H17N5O2S. The summed E-state index contributed by atoms with van der Waals surface area (Å²) in [5.74, 6) is -0.0731. The number of para-hydroxylation sites is 1. The number of aromatic nitrogens is 2. The quantitative estimate of drug-likeness (QED) is 0.484. The Labute approximate surface area is 154 Å². The van der Waals surface area contributed by atoms with E-state index in [4.69, 9.17) is 5.21 Å². The number of hydrogen-bond acceptors (Lipinski definition) is 7. The van der Waals surface area contributed by atoms with Gasteiger partial charge in [-0.1, -0.05) is 52.4 Å². The third kappa shape index (κ3) is 4.04. The highest BCUT2D eigenvalue weighted by Crippen LogP contribution is 2.22. The van der Waals surface area contributed by atoms with E-state index < -0.39 is 0 Å². The molecule has 3 rings (SSSR count). The number of amides is 1. The molecule has 132 valence electrons.